The van der Waals surface area contributed by atoms with Crippen LogP contribution in [0.3, 0.4) is 0 Å². The van der Waals surface area contributed by atoms with Gasteiger partial charge in [-0.2, -0.15) is 0 Å². The van der Waals surface area contributed by atoms with Crippen LogP contribution in [0.2, 0.25) is 0 Å². The molecule has 2 aliphatic rings. The normalized spacial score (nSPS) is 15.0. The fraction of sp³-hybridized carbons (Fsp3) is 0.519. The van der Waals surface area contributed by atoms with Crippen molar-refractivity contribution in [3.63, 3.8) is 0 Å². The summed E-state index contributed by atoms with van der Waals surface area (Å²) in [7, 11) is 0. The first kappa shape index (κ1) is 26.9. The fourth-order valence-corrected chi connectivity index (χ4v) is 4.87. The predicted molar refractivity (Wildman–Crippen MR) is 140 cm³/mol. The molecule has 2 aliphatic heterocycles. The van der Waals surface area contributed by atoms with Gasteiger partial charge in [-0.05, 0) is 49.8 Å². The van der Waals surface area contributed by atoms with Crippen molar-refractivity contribution in [3.8, 4) is 0 Å². The van der Waals surface area contributed by atoms with Crippen LogP contribution in [0.25, 0.3) is 10.9 Å². The molecule has 6 nitrogen and oxygen atoms in total. The Morgan fingerprint density at radius 3 is 2.37 bits per heavy atom. The van der Waals surface area contributed by atoms with Gasteiger partial charge in [-0.15, -0.1) is 11.3 Å². The molecule has 2 amide bonds. The first-order valence-electron chi connectivity index (χ1n) is 12.8. The summed E-state index contributed by atoms with van der Waals surface area (Å²) in [6.45, 7) is 9.54. The van der Waals surface area contributed by atoms with Gasteiger partial charge in [0.1, 0.15) is 11.5 Å². The van der Waals surface area contributed by atoms with Crippen molar-refractivity contribution < 1.29 is 14.0 Å². The first-order chi connectivity index (χ1) is 17.1. The Balaban J connectivity index is 0.000000186. The zero-order valence-corrected chi connectivity index (χ0v) is 21.9. The molecule has 0 saturated carbocycles. The Morgan fingerprint density at radius 2 is 1.77 bits per heavy atom. The molecule has 1 N–H and O–H groups in total. The number of halogens is 1. The molecule has 0 bridgehead atoms. The molecule has 0 unspecified atom stereocenters. The lowest BCUT2D eigenvalue weighted by Crippen LogP contribution is -2.42. The van der Waals surface area contributed by atoms with Crippen molar-refractivity contribution in [1.82, 2.24) is 19.8 Å². The van der Waals surface area contributed by atoms with Gasteiger partial charge in [-0.3, -0.25) is 9.59 Å². The highest BCUT2D eigenvalue weighted by atomic mass is 32.1. The molecular formula is C27H37FN4O2S. The second kappa shape index (κ2) is 13.4. The number of fused-ring (bicyclic) bond motifs is 1. The molecule has 2 saturated heterocycles. The quantitative estimate of drug-likeness (QED) is 0.479. The van der Waals surface area contributed by atoms with Crippen LogP contribution >= 0.6 is 11.3 Å². The van der Waals surface area contributed by atoms with Gasteiger partial charge in [-0.25, -0.2) is 9.37 Å². The number of piperidine rings is 1. The van der Waals surface area contributed by atoms with E-state index in [0.717, 1.165) is 61.4 Å². The number of carbonyl (C=O) groups is 2. The zero-order valence-electron chi connectivity index (χ0n) is 21.1. The van der Waals surface area contributed by atoms with Gasteiger partial charge >= 0.3 is 0 Å². The Labute approximate surface area is 211 Å². The summed E-state index contributed by atoms with van der Waals surface area (Å²) in [5, 5.41) is 3.85. The average molecular weight is 501 g/mol. The van der Waals surface area contributed by atoms with E-state index in [1.807, 2.05) is 31.1 Å². The minimum Gasteiger partial charge on any atom is -0.348 e. The summed E-state index contributed by atoms with van der Waals surface area (Å²) in [6.07, 6.45) is 8.71. The molecule has 4 heterocycles. The van der Waals surface area contributed by atoms with E-state index in [4.69, 9.17) is 0 Å². The predicted octanol–water partition coefficient (Wildman–Crippen LogP) is 5.83. The summed E-state index contributed by atoms with van der Waals surface area (Å²) in [5.41, 5.74) is 1.99. The van der Waals surface area contributed by atoms with Gasteiger partial charge in [0.15, 0.2) is 0 Å². The minimum absolute atomic E-state index is 0.0288. The van der Waals surface area contributed by atoms with E-state index in [1.54, 1.807) is 34.6 Å². The summed E-state index contributed by atoms with van der Waals surface area (Å²) in [4.78, 5) is 34.7. The number of nitrogens with one attached hydrogen (secondary N) is 1. The molecule has 3 aromatic rings. The standard InChI is InChI=1S/C14H15FN2O.C11H16N2OS.C2H6/c1-2-9-4-5-11(15)13-10(9)8-12(16-13)14(18)17-6-3-7-17;14-11(13-7-2-1-3-8-13)5-4-10-12-6-9-15-10;1-2/h4-5,8,16H,2-3,6-7H2,1H3;6,9H,1-5,7-8H2;1-2H3. The van der Waals surface area contributed by atoms with E-state index in [2.05, 4.69) is 9.97 Å². The number of likely N-dealkylation sites (tertiary alicyclic amines) is 2. The van der Waals surface area contributed by atoms with Gasteiger partial charge in [0, 0.05) is 56.0 Å². The number of aryl methyl sites for hydroxylation is 2. The molecular weight excluding hydrogens is 463 g/mol. The lowest BCUT2D eigenvalue weighted by atomic mass is 10.1. The summed E-state index contributed by atoms with van der Waals surface area (Å²) >= 11 is 1.63. The summed E-state index contributed by atoms with van der Waals surface area (Å²) < 4.78 is 13.7. The molecule has 2 fully saturated rings. The van der Waals surface area contributed by atoms with Crippen LogP contribution < -0.4 is 0 Å². The van der Waals surface area contributed by atoms with Crippen molar-refractivity contribution in [2.45, 2.75) is 65.7 Å². The summed E-state index contributed by atoms with van der Waals surface area (Å²) in [5.74, 6) is -0.0336. The van der Waals surface area contributed by atoms with E-state index in [9.17, 15) is 14.0 Å². The largest absolute Gasteiger partial charge is 0.348 e. The highest BCUT2D eigenvalue weighted by Gasteiger charge is 2.23. The van der Waals surface area contributed by atoms with Gasteiger partial charge < -0.3 is 14.8 Å². The lowest BCUT2D eigenvalue weighted by molar-refractivity contribution is -0.132. The second-order valence-corrected chi connectivity index (χ2v) is 9.52. The van der Waals surface area contributed by atoms with Gasteiger partial charge in [0.2, 0.25) is 5.91 Å². The SMILES string of the molecule is CC.CCc1ccc(F)c2[nH]c(C(=O)N3CCC3)cc12.O=C(CCc1nccs1)N1CCCCC1. The average Bonchev–Trinajstić information content (AvgIpc) is 3.55. The van der Waals surface area contributed by atoms with E-state index in [-0.39, 0.29) is 11.7 Å². The molecule has 0 aliphatic carbocycles. The van der Waals surface area contributed by atoms with E-state index in [1.165, 1.54) is 25.3 Å². The monoisotopic (exact) mass is 500 g/mol. The number of aromatic amines is 1. The highest BCUT2D eigenvalue weighted by Crippen LogP contribution is 2.25. The number of H-pyrrole nitrogens is 1. The fourth-order valence-electron chi connectivity index (χ4n) is 4.25. The number of hydrogen-bond acceptors (Lipinski definition) is 4. The van der Waals surface area contributed by atoms with Crippen LogP contribution in [-0.4, -0.2) is 57.8 Å². The third kappa shape index (κ3) is 6.90. The number of benzene rings is 1. The van der Waals surface area contributed by atoms with Crippen LogP contribution in [-0.2, 0) is 17.6 Å². The lowest BCUT2D eigenvalue weighted by Gasteiger charge is -2.30. The van der Waals surface area contributed by atoms with Crippen LogP contribution in [0.4, 0.5) is 4.39 Å². The number of aromatic nitrogens is 2. The van der Waals surface area contributed by atoms with Crippen molar-refractivity contribution in [2.24, 2.45) is 0 Å². The third-order valence-corrected chi connectivity index (χ3v) is 7.17. The first-order valence-corrected chi connectivity index (χ1v) is 13.7. The molecule has 8 heteroatoms. The molecule has 35 heavy (non-hydrogen) atoms. The Bertz CT molecular complexity index is 1090. The van der Waals surface area contributed by atoms with Crippen LogP contribution in [0.1, 0.15) is 73.9 Å². The Kier molecular flexibility index (Phi) is 10.3. The van der Waals surface area contributed by atoms with E-state index < -0.39 is 0 Å². The second-order valence-electron chi connectivity index (χ2n) is 8.54. The minimum atomic E-state index is -0.301. The van der Waals surface area contributed by atoms with E-state index in [0.29, 0.717) is 23.5 Å². The number of amides is 2. The van der Waals surface area contributed by atoms with Crippen molar-refractivity contribution in [2.75, 3.05) is 26.2 Å². The van der Waals surface area contributed by atoms with E-state index >= 15 is 0 Å². The van der Waals surface area contributed by atoms with Crippen LogP contribution in [0.15, 0.2) is 29.8 Å². The molecule has 5 rings (SSSR count). The zero-order chi connectivity index (χ0) is 25.2. The maximum Gasteiger partial charge on any atom is 0.270 e. The Hall–Kier alpha value is -2.74. The number of nitrogens with zero attached hydrogens (tertiary/aromatic N) is 3. The topological polar surface area (TPSA) is 69.3 Å². The molecule has 1 aromatic carbocycles. The van der Waals surface area contributed by atoms with Crippen LogP contribution in [0.5, 0.6) is 0 Å². The van der Waals surface area contributed by atoms with Gasteiger partial charge in [-0.1, -0.05) is 26.8 Å². The maximum absolute atomic E-state index is 13.7. The molecule has 0 radical (unpaired) electrons. The maximum atomic E-state index is 13.7. The number of carbonyl (C=O) groups excluding carboxylic acids is 2. The smallest absolute Gasteiger partial charge is 0.270 e. The molecule has 190 valence electrons. The van der Waals surface area contributed by atoms with Crippen molar-refractivity contribution in [3.05, 3.63) is 51.9 Å². The van der Waals surface area contributed by atoms with Crippen molar-refractivity contribution >= 4 is 34.1 Å². The number of thiazole rings is 1. The highest BCUT2D eigenvalue weighted by molar-refractivity contribution is 7.09. The van der Waals surface area contributed by atoms with Crippen molar-refractivity contribution in [1.29, 1.82) is 0 Å². The van der Waals surface area contributed by atoms with Crippen LogP contribution in [0, 0.1) is 5.82 Å². The molecule has 0 atom stereocenters. The molecule has 2 aromatic heterocycles. The summed E-state index contributed by atoms with van der Waals surface area (Å²) in [6, 6.07) is 5.01. The Morgan fingerprint density at radius 1 is 1.06 bits per heavy atom. The molecule has 0 spiro atoms. The third-order valence-electron chi connectivity index (χ3n) is 6.33. The number of hydrogen-bond donors (Lipinski definition) is 1. The number of rotatable bonds is 5. The van der Waals surface area contributed by atoms with Gasteiger partial charge in [0.05, 0.1) is 10.5 Å². The van der Waals surface area contributed by atoms with Gasteiger partial charge in [0.25, 0.3) is 5.91 Å².